The topological polar surface area (TPSA) is 114 Å². The molecular weight excluding hydrogens is 484 g/mol. The second-order valence-corrected chi connectivity index (χ2v) is 8.04. The molecule has 1 amide bonds. The van der Waals surface area contributed by atoms with Crippen LogP contribution in [0.3, 0.4) is 0 Å². The second kappa shape index (κ2) is 8.00. The van der Waals surface area contributed by atoms with Crippen molar-refractivity contribution < 1.29 is 31.2 Å². The Bertz CT molecular complexity index is 1590. The number of carbonyl (C=O) groups is 1. The number of pyridine rings is 1. The van der Waals surface area contributed by atoms with Crippen molar-refractivity contribution in [2.24, 2.45) is 0 Å². The number of nitrogens with one attached hydrogen (secondary N) is 1. The number of H-pyrrole nitrogens is 1. The van der Waals surface area contributed by atoms with Gasteiger partial charge in [0, 0.05) is 24.9 Å². The molecule has 5 heterocycles. The maximum absolute atomic E-state index is 15.4. The highest BCUT2D eigenvalue weighted by Crippen LogP contribution is 2.39. The molecular formula is C23H14F4N6O3. The van der Waals surface area contributed by atoms with E-state index in [0.717, 1.165) is 17.8 Å². The van der Waals surface area contributed by atoms with Gasteiger partial charge in [-0.2, -0.15) is 13.2 Å². The van der Waals surface area contributed by atoms with Crippen LogP contribution in [-0.4, -0.2) is 42.5 Å². The number of rotatable bonds is 3. The molecule has 0 radical (unpaired) electrons. The Hall–Kier alpha value is -4.55. The van der Waals surface area contributed by atoms with Crippen molar-refractivity contribution in [2.45, 2.75) is 18.6 Å². The second-order valence-electron chi connectivity index (χ2n) is 8.04. The first kappa shape index (κ1) is 21.9. The number of hydrogen-bond donors (Lipinski definition) is 1. The number of fused-ring (bicyclic) bond motifs is 2. The van der Waals surface area contributed by atoms with Gasteiger partial charge in [-0.1, -0.05) is 12.1 Å². The number of carbonyl (C=O) groups excluding carboxylic acids is 1. The Balaban J connectivity index is 1.36. The normalized spacial score (nSPS) is 15.9. The molecule has 0 saturated carbocycles. The summed E-state index contributed by atoms with van der Waals surface area (Å²) in [6.07, 6.45) is -2.07. The summed E-state index contributed by atoms with van der Waals surface area (Å²) in [5.41, 5.74) is 0.470. The average molecular weight is 498 g/mol. The molecule has 182 valence electrons. The van der Waals surface area contributed by atoms with Gasteiger partial charge in [-0.3, -0.25) is 9.78 Å². The largest absolute Gasteiger partial charge is 0.455 e. The number of aromatic amines is 1. The van der Waals surface area contributed by atoms with Crippen molar-refractivity contribution in [3.63, 3.8) is 0 Å². The minimum Gasteiger partial charge on any atom is -0.455 e. The predicted molar refractivity (Wildman–Crippen MR) is 114 cm³/mol. The Morgan fingerprint density at radius 1 is 1.08 bits per heavy atom. The van der Waals surface area contributed by atoms with Crippen LogP contribution in [-0.2, 0) is 12.6 Å². The first-order valence-electron chi connectivity index (χ1n) is 10.7. The van der Waals surface area contributed by atoms with Gasteiger partial charge in [0.1, 0.15) is 17.3 Å². The third-order valence-corrected chi connectivity index (χ3v) is 5.91. The van der Waals surface area contributed by atoms with Crippen LogP contribution < -0.4 is 0 Å². The molecule has 1 atom stereocenters. The smallest absolute Gasteiger partial charge is 0.417 e. The van der Waals surface area contributed by atoms with Crippen LogP contribution >= 0.6 is 0 Å². The zero-order valence-electron chi connectivity index (χ0n) is 18.1. The Kier molecular flexibility index (Phi) is 4.88. The summed E-state index contributed by atoms with van der Waals surface area (Å²) in [6, 6.07) is 7.42. The lowest BCUT2D eigenvalue weighted by molar-refractivity contribution is -0.137. The van der Waals surface area contributed by atoms with E-state index in [4.69, 9.17) is 8.83 Å². The third-order valence-electron chi connectivity index (χ3n) is 5.91. The lowest BCUT2D eigenvalue weighted by Gasteiger charge is -2.32. The zero-order valence-corrected chi connectivity index (χ0v) is 18.1. The number of halogens is 4. The standard InChI is InChI=1S/C23H14F4N6O3/c24-16-12-3-1-2-4-15(12)35-19(16)18-17-13(29-10-30-17)7-8-33(18)22(34)21-32-31-20(36-21)14-6-5-11(9-28-14)23(25,26)27/h1-6,9-10,18H,7-8H2,(H,29,30)/t18-/m1/s1. The van der Waals surface area contributed by atoms with E-state index in [-0.39, 0.29) is 29.3 Å². The fourth-order valence-corrected chi connectivity index (χ4v) is 4.19. The van der Waals surface area contributed by atoms with Crippen molar-refractivity contribution in [1.29, 1.82) is 0 Å². The lowest BCUT2D eigenvalue weighted by Crippen LogP contribution is -2.41. The van der Waals surface area contributed by atoms with Crippen molar-refractivity contribution in [2.75, 3.05) is 6.54 Å². The molecule has 0 bridgehead atoms. The monoisotopic (exact) mass is 498 g/mol. The number of aromatic nitrogens is 5. The molecule has 4 aromatic heterocycles. The molecule has 1 aromatic carbocycles. The number of benzene rings is 1. The molecule has 0 aliphatic carbocycles. The Morgan fingerprint density at radius 2 is 1.92 bits per heavy atom. The van der Waals surface area contributed by atoms with Crippen LogP contribution in [0.25, 0.3) is 22.6 Å². The molecule has 0 spiro atoms. The molecule has 0 unspecified atom stereocenters. The van der Waals surface area contributed by atoms with Gasteiger partial charge in [0.2, 0.25) is 0 Å². The van der Waals surface area contributed by atoms with E-state index in [9.17, 15) is 18.0 Å². The van der Waals surface area contributed by atoms with Crippen LogP contribution in [0.5, 0.6) is 0 Å². The number of amides is 1. The molecule has 9 nitrogen and oxygen atoms in total. The van der Waals surface area contributed by atoms with Crippen molar-refractivity contribution in [3.05, 3.63) is 83.3 Å². The number of nitrogens with zero attached hydrogens (tertiary/aromatic N) is 5. The predicted octanol–water partition coefficient (Wildman–Crippen LogP) is 4.55. The van der Waals surface area contributed by atoms with Gasteiger partial charge in [-0.05, 0) is 24.3 Å². The maximum atomic E-state index is 15.4. The maximum Gasteiger partial charge on any atom is 0.417 e. The fraction of sp³-hybridized carbons (Fsp3) is 0.174. The average Bonchev–Trinajstić information content (AvgIpc) is 3.62. The summed E-state index contributed by atoms with van der Waals surface area (Å²) in [5.74, 6) is -2.12. The van der Waals surface area contributed by atoms with Gasteiger partial charge in [0.25, 0.3) is 5.89 Å². The van der Waals surface area contributed by atoms with E-state index in [1.807, 2.05) is 0 Å². The van der Waals surface area contributed by atoms with Gasteiger partial charge in [-0.25, -0.2) is 9.37 Å². The molecule has 0 saturated heterocycles. The van der Waals surface area contributed by atoms with Crippen molar-refractivity contribution in [1.82, 2.24) is 30.0 Å². The van der Waals surface area contributed by atoms with E-state index in [0.29, 0.717) is 23.9 Å². The van der Waals surface area contributed by atoms with E-state index in [1.54, 1.807) is 24.3 Å². The van der Waals surface area contributed by atoms with Gasteiger partial charge in [0.05, 0.1) is 23.0 Å². The first-order valence-corrected chi connectivity index (χ1v) is 10.7. The van der Waals surface area contributed by atoms with Gasteiger partial charge in [-0.15, -0.1) is 10.2 Å². The number of hydrogen-bond acceptors (Lipinski definition) is 7. The quantitative estimate of drug-likeness (QED) is 0.363. The lowest BCUT2D eigenvalue weighted by atomic mass is 9.99. The number of para-hydroxylation sites is 1. The van der Waals surface area contributed by atoms with E-state index in [1.165, 1.54) is 11.2 Å². The van der Waals surface area contributed by atoms with Crippen molar-refractivity contribution >= 4 is 16.9 Å². The number of furan rings is 1. The number of alkyl halides is 3. The molecule has 0 fully saturated rings. The minimum absolute atomic E-state index is 0.0392. The molecule has 36 heavy (non-hydrogen) atoms. The Labute approximate surface area is 198 Å². The summed E-state index contributed by atoms with van der Waals surface area (Å²) < 4.78 is 65.1. The van der Waals surface area contributed by atoms with E-state index in [2.05, 4.69) is 25.1 Å². The Morgan fingerprint density at radius 3 is 2.67 bits per heavy atom. The van der Waals surface area contributed by atoms with Crippen LogP contribution in [0, 0.1) is 5.82 Å². The molecule has 1 aliphatic heterocycles. The van der Waals surface area contributed by atoms with Crippen LogP contribution in [0.15, 0.2) is 57.8 Å². The van der Waals surface area contributed by atoms with Gasteiger partial charge < -0.3 is 18.7 Å². The zero-order chi connectivity index (χ0) is 25.0. The molecule has 1 aliphatic rings. The third kappa shape index (κ3) is 3.51. The summed E-state index contributed by atoms with van der Waals surface area (Å²) in [7, 11) is 0. The highest BCUT2D eigenvalue weighted by atomic mass is 19.4. The molecule has 1 N–H and O–H groups in total. The fourth-order valence-electron chi connectivity index (χ4n) is 4.19. The minimum atomic E-state index is -4.55. The van der Waals surface area contributed by atoms with Gasteiger partial charge >= 0.3 is 18.0 Å². The highest BCUT2D eigenvalue weighted by Gasteiger charge is 2.40. The molecule has 13 heteroatoms. The first-order chi connectivity index (χ1) is 17.3. The molecule has 5 aromatic rings. The van der Waals surface area contributed by atoms with Crippen molar-refractivity contribution in [3.8, 4) is 11.6 Å². The van der Waals surface area contributed by atoms with E-state index >= 15 is 4.39 Å². The van der Waals surface area contributed by atoms with E-state index < -0.39 is 35.4 Å². The SMILES string of the molecule is O=C(c1nnc(-c2ccc(C(F)(F)F)cn2)o1)N1CCc2[nH]cnc2[C@@H]1c1oc2ccccc2c1F. The molecule has 6 rings (SSSR count). The van der Waals surface area contributed by atoms with Gasteiger partial charge in [0.15, 0.2) is 11.6 Å². The van der Waals surface area contributed by atoms with Crippen LogP contribution in [0.1, 0.15) is 39.4 Å². The van der Waals surface area contributed by atoms with Crippen LogP contribution in [0.2, 0.25) is 0 Å². The summed E-state index contributed by atoms with van der Waals surface area (Å²) >= 11 is 0. The van der Waals surface area contributed by atoms with Crippen LogP contribution in [0.4, 0.5) is 17.6 Å². The summed E-state index contributed by atoms with van der Waals surface area (Å²) in [5, 5.41) is 7.76. The number of imidazole rings is 1. The summed E-state index contributed by atoms with van der Waals surface area (Å²) in [6.45, 7) is 0.158. The highest BCUT2D eigenvalue weighted by molar-refractivity contribution is 5.90. The summed E-state index contributed by atoms with van der Waals surface area (Å²) in [4.78, 5) is 25.7.